The number of fused-ring (bicyclic) bond motifs is 3. The lowest BCUT2D eigenvalue weighted by atomic mass is 10.1. The standard InChI is InChI=1S/C19H18ClN3O2S/c20-12-8-6-11(7-9-12)17-22-18-16(13-3-1-4-14(13)26-18)19(25)23(17)10-2-5-15(21)24/h6-9H,1-5,10H2,(H2,21,24). The summed E-state index contributed by atoms with van der Waals surface area (Å²) in [6, 6.07) is 7.30. The first-order valence-corrected chi connectivity index (χ1v) is 9.83. The number of carbonyl (C=O) groups excluding carboxylic acids is 1. The maximum Gasteiger partial charge on any atom is 0.262 e. The number of primary amides is 1. The Morgan fingerprint density at radius 3 is 2.77 bits per heavy atom. The third-order valence-electron chi connectivity index (χ3n) is 4.73. The molecular weight excluding hydrogens is 370 g/mol. The Hall–Kier alpha value is -2.18. The number of amides is 1. The fourth-order valence-corrected chi connectivity index (χ4v) is 4.89. The minimum Gasteiger partial charge on any atom is -0.370 e. The molecule has 0 bridgehead atoms. The number of halogens is 1. The van der Waals surface area contributed by atoms with E-state index < -0.39 is 0 Å². The molecule has 2 N–H and O–H groups in total. The van der Waals surface area contributed by atoms with Gasteiger partial charge < -0.3 is 5.73 Å². The Morgan fingerprint density at radius 2 is 2.04 bits per heavy atom. The Labute approximate surface area is 159 Å². The van der Waals surface area contributed by atoms with Crippen molar-refractivity contribution in [2.75, 3.05) is 0 Å². The van der Waals surface area contributed by atoms with Crippen molar-refractivity contribution >= 4 is 39.1 Å². The quantitative estimate of drug-likeness (QED) is 0.727. The molecule has 0 atom stereocenters. The Kier molecular flexibility index (Phi) is 4.54. The van der Waals surface area contributed by atoms with Gasteiger partial charge in [0.1, 0.15) is 10.7 Å². The van der Waals surface area contributed by atoms with Gasteiger partial charge in [0.15, 0.2) is 0 Å². The summed E-state index contributed by atoms with van der Waals surface area (Å²) in [7, 11) is 0. The summed E-state index contributed by atoms with van der Waals surface area (Å²) < 4.78 is 1.68. The molecule has 134 valence electrons. The van der Waals surface area contributed by atoms with Gasteiger partial charge in [0.2, 0.25) is 5.91 Å². The third-order valence-corrected chi connectivity index (χ3v) is 6.17. The lowest BCUT2D eigenvalue weighted by molar-refractivity contribution is -0.118. The van der Waals surface area contributed by atoms with E-state index in [0.29, 0.717) is 23.8 Å². The van der Waals surface area contributed by atoms with Gasteiger partial charge in [0.05, 0.1) is 5.39 Å². The Morgan fingerprint density at radius 1 is 1.27 bits per heavy atom. The second-order valence-electron chi connectivity index (χ2n) is 6.51. The van der Waals surface area contributed by atoms with Crippen LogP contribution in [-0.4, -0.2) is 15.5 Å². The number of thiophene rings is 1. The number of nitrogens with zero attached hydrogens (tertiary/aromatic N) is 2. The van der Waals surface area contributed by atoms with Gasteiger partial charge in [-0.1, -0.05) is 11.6 Å². The van der Waals surface area contributed by atoms with Crippen molar-refractivity contribution in [3.63, 3.8) is 0 Å². The van der Waals surface area contributed by atoms with E-state index in [1.54, 1.807) is 28.0 Å². The molecular formula is C19H18ClN3O2S. The summed E-state index contributed by atoms with van der Waals surface area (Å²) in [6.45, 7) is 0.410. The molecule has 1 aromatic carbocycles. The number of hydrogen-bond acceptors (Lipinski definition) is 4. The minimum absolute atomic E-state index is 0.0242. The van der Waals surface area contributed by atoms with Crippen LogP contribution in [0.4, 0.5) is 0 Å². The van der Waals surface area contributed by atoms with Crippen molar-refractivity contribution in [1.82, 2.24) is 9.55 Å². The zero-order valence-electron chi connectivity index (χ0n) is 14.1. The van der Waals surface area contributed by atoms with Crippen LogP contribution >= 0.6 is 22.9 Å². The largest absolute Gasteiger partial charge is 0.370 e. The summed E-state index contributed by atoms with van der Waals surface area (Å²) in [5, 5.41) is 1.38. The average molecular weight is 388 g/mol. The van der Waals surface area contributed by atoms with Crippen LogP contribution in [0.25, 0.3) is 21.6 Å². The lowest BCUT2D eigenvalue weighted by Gasteiger charge is -2.13. The molecule has 0 fully saturated rings. The van der Waals surface area contributed by atoms with Crippen molar-refractivity contribution in [3.8, 4) is 11.4 Å². The highest BCUT2D eigenvalue weighted by Crippen LogP contribution is 2.35. The molecule has 0 aliphatic heterocycles. The number of rotatable bonds is 5. The maximum atomic E-state index is 13.3. The van der Waals surface area contributed by atoms with Crippen molar-refractivity contribution in [2.24, 2.45) is 5.73 Å². The molecule has 1 aliphatic carbocycles. The summed E-state index contributed by atoms with van der Waals surface area (Å²) >= 11 is 7.62. The first-order chi connectivity index (χ1) is 12.5. The van der Waals surface area contributed by atoms with Crippen LogP contribution in [0.15, 0.2) is 29.1 Å². The van der Waals surface area contributed by atoms with Crippen molar-refractivity contribution in [2.45, 2.75) is 38.6 Å². The Balaban J connectivity index is 1.89. The van der Waals surface area contributed by atoms with Gasteiger partial charge in [-0.3, -0.25) is 14.2 Å². The monoisotopic (exact) mass is 387 g/mol. The van der Waals surface area contributed by atoms with E-state index in [2.05, 4.69) is 0 Å². The lowest BCUT2D eigenvalue weighted by Crippen LogP contribution is -2.24. The van der Waals surface area contributed by atoms with Gasteiger partial charge in [-0.2, -0.15) is 0 Å². The molecule has 2 aromatic heterocycles. The van der Waals surface area contributed by atoms with E-state index in [-0.39, 0.29) is 17.9 Å². The molecule has 3 aromatic rings. The second kappa shape index (κ2) is 6.85. The molecule has 1 aliphatic rings. The van der Waals surface area contributed by atoms with E-state index in [0.717, 1.165) is 40.6 Å². The van der Waals surface area contributed by atoms with Crippen LogP contribution in [-0.2, 0) is 24.2 Å². The predicted molar refractivity (Wildman–Crippen MR) is 105 cm³/mol. The molecule has 0 unspecified atom stereocenters. The highest BCUT2D eigenvalue weighted by molar-refractivity contribution is 7.18. The van der Waals surface area contributed by atoms with Crippen molar-refractivity contribution in [1.29, 1.82) is 0 Å². The van der Waals surface area contributed by atoms with Crippen LogP contribution in [0, 0.1) is 0 Å². The van der Waals surface area contributed by atoms with E-state index in [1.165, 1.54) is 4.88 Å². The predicted octanol–water partition coefficient (Wildman–Crippen LogP) is 3.53. The van der Waals surface area contributed by atoms with Crippen LogP contribution in [0.2, 0.25) is 5.02 Å². The fraction of sp³-hybridized carbons (Fsp3) is 0.316. The van der Waals surface area contributed by atoms with Crippen molar-refractivity contribution < 1.29 is 4.79 Å². The van der Waals surface area contributed by atoms with E-state index in [4.69, 9.17) is 22.3 Å². The molecule has 4 rings (SSSR count). The van der Waals surface area contributed by atoms with E-state index >= 15 is 0 Å². The topological polar surface area (TPSA) is 78.0 Å². The number of hydrogen-bond donors (Lipinski definition) is 1. The van der Waals surface area contributed by atoms with Crippen LogP contribution in [0.1, 0.15) is 29.7 Å². The molecule has 5 nitrogen and oxygen atoms in total. The third kappa shape index (κ3) is 3.04. The van der Waals surface area contributed by atoms with E-state index in [9.17, 15) is 9.59 Å². The van der Waals surface area contributed by atoms with Crippen LogP contribution in [0.3, 0.4) is 0 Å². The first-order valence-electron chi connectivity index (χ1n) is 8.64. The fourth-order valence-electron chi connectivity index (χ4n) is 3.52. The molecule has 0 saturated carbocycles. The minimum atomic E-state index is -0.364. The second-order valence-corrected chi connectivity index (χ2v) is 8.03. The smallest absolute Gasteiger partial charge is 0.262 e. The number of nitrogens with two attached hydrogens (primary N) is 1. The average Bonchev–Trinajstić information content (AvgIpc) is 3.17. The molecule has 7 heteroatoms. The summed E-state index contributed by atoms with van der Waals surface area (Å²) in [5.41, 5.74) is 7.22. The van der Waals surface area contributed by atoms with Crippen LogP contribution < -0.4 is 11.3 Å². The normalized spacial score (nSPS) is 13.3. The van der Waals surface area contributed by atoms with Gasteiger partial charge in [-0.25, -0.2) is 4.98 Å². The summed E-state index contributed by atoms with van der Waals surface area (Å²) in [6.07, 6.45) is 3.81. The SMILES string of the molecule is NC(=O)CCCn1c(-c2ccc(Cl)cc2)nc2sc3c(c2c1=O)CCC3. The van der Waals surface area contributed by atoms with Crippen LogP contribution in [0.5, 0.6) is 0 Å². The van der Waals surface area contributed by atoms with Gasteiger partial charge in [-0.05, 0) is 55.5 Å². The van der Waals surface area contributed by atoms with E-state index in [1.807, 2.05) is 12.1 Å². The molecule has 0 spiro atoms. The number of aromatic nitrogens is 2. The van der Waals surface area contributed by atoms with Gasteiger partial charge in [0, 0.05) is 28.4 Å². The molecule has 1 amide bonds. The van der Waals surface area contributed by atoms with Gasteiger partial charge >= 0.3 is 0 Å². The Bertz CT molecular complexity index is 1050. The first kappa shape index (κ1) is 17.2. The highest BCUT2D eigenvalue weighted by atomic mass is 35.5. The summed E-state index contributed by atoms with van der Waals surface area (Å²) in [4.78, 5) is 31.3. The maximum absolute atomic E-state index is 13.3. The van der Waals surface area contributed by atoms with Gasteiger partial charge in [-0.15, -0.1) is 11.3 Å². The number of carbonyl (C=O) groups is 1. The molecule has 0 saturated heterocycles. The van der Waals surface area contributed by atoms with Crippen molar-refractivity contribution in [3.05, 3.63) is 50.1 Å². The zero-order chi connectivity index (χ0) is 18.3. The highest BCUT2D eigenvalue weighted by Gasteiger charge is 2.23. The number of benzene rings is 1. The summed E-state index contributed by atoms with van der Waals surface area (Å²) in [5.74, 6) is 0.250. The zero-order valence-corrected chi connectivity index (χ0v) is 15.7. The molecule has 26 heavy (non-hydrogen) atoms. The number of aryl methyl sites for hydroxylation is 2. The van der Waals surface area contributed by atoms with Gasteiger partial charge in [0.25, 0.3) is 5.56 Å². The molecule has 2 heterocycles. The molecule has 0 radical (unpaired) electrons.